The Bertz CT molecular complexity index is 670. The molecule has 0 aliphatic heterocycles. The molecule has 2 aromatic rings. The van der Waals surface area contributed by atoms with Crippen LogP contribution in [-0.4, -0.2) is 6.86 Å². The van der Waals surface area contributed by atoms with Crippen molar-refractivity contribution in [3.63, 3.8) is 0 Å². The van der Waals surface area contributed by atoms with Crippen LogP contribution in [0.5, 0.6) is 5.75 Å². The molecule has 0 aliphatic carbocycles. The molecule has 0 heterocycles. The molecule has 0 atom stereocenters. The fourth-order valence-electron chi connectivity index (χ4n) is 2.18. The van der Waals surface area contributed by atoms with Crippen LogP contribution in [0.4, 0.5) is 23.2 Å². The highest BCUT2D eigenvalue weighted by atomic mass is 19.2. The second-order valence-electron chi connectivity index (χ2n) is 4.71. The molecule has 0 saturated heterocycles. The van der Waals surface area contributed by atoms with E-state index in [9.17, 15) is 17.6 Å². The minimum atomic E-state index is -1.71. The highest BCUT2D eigenvalue weighted by Gasteiger charge is 2.24. The van der Waals surface area contributed by atoms with Crippen LogP contribution in [0, 0.1) is 17.5 Å². The molecule has 0 radical (unpaired) electrons. The molecule has 2 nitrogen and oxygen atoms in total. The highest BCUT2D eigenvalue weighted by molar-refractivity contribution is 5.95. The lowest BCUT2D eigenvalue weighted by atomic mass is 9.94. The van der Waals surface area contributed by atoms with E-state index in [2.05, 4.69) is 4.74 Å². The van der Waals surface area contributed by atoms with E-state index in [0.717, 1.165) is 0 Å². The summed E-state index contributed by atoms with van der Waals surface area (Å²) in [6, 6.07) is 2.68. The fourth-order valence-corrected chi connectivity index (χ4v) is 2.18. The zero-order valence-electron chi connectivity index (χ0n) is 10.9. The monoisotopic (exact) mass is 287 g/mol. The van der Waals surface area contributed by atoms with Crippen LogP contribution in [0.15, 0.2) is 12.1 Å². The van der Waals surface area contributed by atoms with Crippen LogP contribution in [-0.2, 0) is 0 Å². The zero-order valence-corrected chi connectivity index (χ0v) is 10.9. The average Bonchev–Trinajstić information content (AvgIpc) is 2.40. The van der Waals surface area contributed by atoms with Crippen LogP contribution in [0.2, 0.25) is 0 Å². The van der Waals surface area contributed by atoms with Gasteiger partial charge in [-0.2, -0.15) is 4.39 Å². The van der Waals surface area contributed by atoms with Gasteiger partial charge in [-0.25, -0.2) is 13.2 Å². The number of fused-ring (bicyclic) bond motifs is 1. The van der Waals surface area contributed by atoms with Gasteiger partial charge in [-0.3, -0.25) is 0 Å². The van der Waals surface area contributed by atoms with Crippen molar-refractivity contribution in [1.82, 2.24) is 0 Å². The van der Waals surface area contributed by atoms with Gasteiger partial charge in [0.2, 0.25) is 12.7 Å². The summed E-state index contributed by atoms with van der Waals surface area (Å²) < 4.78 is 58.1. The molecule has 0 unspecified atom stereocenters. The zero-order chi connectivity index (χ0) is 15.0. The van der Waals surface area contributed by atoms with Crippen molar-refractivity contribution in [2.45, 2.75) is 19.8 Å². The third-order valence-electron chi connectivity index (χ3n) is 3.06. The summed E-state index contributed by atoms with van der Waals surface area (Å²) in [4.78, 5) is 0. The quantitative estimate of drug-likeness (QED) is 0.520. The molecule has 0 amide bonds. The van der Waals surface area contributed by atoms with E-state index >= 15 is 0 Å². The van der Waals surface area contributed by atoms with E-state index in [0.29, 0.717) is 5.56 Å². The van der Waals surface area contributed by atoms with Crippen molar-refractivity contribution in [2.75, 3.05) is 12.6 Å². The standard InChI is InChI=1S/C14H13F4NO/c1-6(2)8-3-7(19)4-9-10(8)14(20-5-15)13(18)12(17)11(9)16/h3-4,6H,5,19H2,1-2H3. The first-order chi connectivity index (χ1) is 9.38. The summed E-state index contributed by atoms with van der Waals surface area (Å²) in [7, 11) is 0. The van der Waals surface area contributed by atoms with Crippen molar-refractivity contribution in [3.05, 3.63) is 35.1 Å². The molecular weight excluding hydrogens is 274 g/mol. The van der Waals surface area contributed by atoms with Gasteiger partial charge in [0.05, 0.1) is 0 Å². The average molecular weight is 287 g/mol. The fraction of sp³-hybridized carbons (Fsp3) is 0.286. The summed E-state index contributed by atoms with van der Waals surface area (Å²) in [5.74, 6) is -5.41. The minimum Gasteiger partial charge on any atom is -0.459 e. The molecule has 0 bridgehead atoms. The number of nitrogen functional groups attached to an aromatic ring is 1. The maximum Gasteiger partial charge on any atom is 0.228 e. The van der Waals surface area contributed by atoms with Crippen molar-refractivity contribution in [3.8, 4) is 5.75 Å². The number of nitrogens with two attached hydrogens (primary N) is 1. The number of halogens is 4. The molecular formula is C14H13F4NO. The Morgan fingerprint density at radius 2 is 1.75 bits per heavy atom. The molecule has 6 heteroatoms. The van der Waals surface area contributed by atoms with Crippen molar-refractivity contribution >= 4 is 16.5 Å². The van der Waals surface area contributed by atoms with Crippen molar-refractivity contribution in [2.24, 2.45) is 0 Å². The van der Waals surface area contributed by atoms with Crippen LogP contribution in [0.3, 0.4) is 0 Å². The Hall–Kier alpha value is -1.98. The SMILES string of the molecule is CC(C)c1cc(N)cc2c(F)c(F)c(F)c(OCF)c12. The van der Waals surface area contributed by atoms with E-state index in [1.54, 1.807) is 13.8 Å². The molecule has 0 fully saturated rings. The number of benzene rings is 2. The van der Waals surface area contributed by atoms with Gasteiger partial charge < -0.3 is 10.5 Å². The predicted molar refractivity (Wildman–Crippen MR) is 68.9 cm³/mol. The maximum atomic E-state index is 13.9. The van der Waals surface area contributed by atoms with Gasteiger partial charge in [-0.05, 0) is 23.6 Å². The largest absolute Gasteiger partial charge is 0.459 e. The number of rotatable bonds is 3. The molecule has 0 aliphatic rings. The first kappa shape index (κ1) is 14.4. The van der Waals surface area contributed by atoms with Crippen LogP contribution in [0.1, 0.15) is 25.3 Å². The van der Waals surface area contributed by atoms with Gasteiger partial charge in [-0.1, -0.05) is 13.8 Å². The predicted octanol–water partition coefficient (Wildman–Crippen LogP) is 4.27. The molecule has 0 aromatic heterocycles. The third-order valence-corrected chi connectivity index (χ3v) is 3.06. The number of alkyl halides is 1. The van der Waals surface area contributed by atoms with E-state index < -0.39 is 30.1 Å². The lowest BCUT2D eigenvalue weighted by Crippen LogP contribution is -2.04. The summed E-state index contributed by atoms with van der Waals surface area (Å²) in [6.07, 6.45) is 0. The van der Waals surface area contributed by atoms with Crippen LogP contribution in [0.25, 0.3) is 10.8 Å². The Kier molecular flexibility index (Phi) is 3.74. The normalized spacial score (nSPS) is 11.3. The lowest BCUT2D eigenvalue weighted by molar-refractivity contribution is 0.184. The van der Waals surface area contributed by atoms with Crippen LogP contribution < -0.4 is 10.5 Å². The molecule has 0 saturated carbocycles. The van der Waals surface area contributed by atoms with Gasteiger partial charge in [0, 0.05) is 16.5 Å². The molecule has 20 heavy (non-hydrogen) atoms. The number of hydrogen-bond acceptors (Lipinski definition) is 2. The molecule has 2 N–H and O–H groups in total. The van der Waals surface area contributed by atoms with Gasteiger partial charge in [0.25, 0.3) is 0 Å². The van der Waals surface area contributed by atoms with Gasteiger partial charge in [0.15, 0.2) is 17.4 Å². The summed E-state index contributed by atoms with van der Waals surface area (Å²) in [5.41, 5.74) is 6.31. The number of anilines is 1. The second-order valence-corrected chi connectivity index (χ2v) is 4.71. The van der Waals surface area contributed by atoms with E-state index in [4.69, 9.17) is 5.73 Å². The van der Waals surface area contributed by atoms with Gasteiger partial charge >= 0.3 is 0 Å². The number of hydrogen-bond donors (Lipinski definition) is 1. The summed E-state index contributed by atoms with van der Waals surface area (Å²) >= 11 is 0. The third kappa shape index (κ3) is 2.15. The van der Waals surface area contributed by atoms with Gasteiger partial charge in [0.1, 0.15) is 0 Å². The number of ether oxygens (including phenoxy) is 1. The second kappa shape index (κ2) is 5.19. The van der Waals surface area contributed by atoms with Crippen LogP contribution >= 0.6 is 0 Å². The molecule has 2 rings (SSSR count). The Morgan fingerprint density at radius 1 is 1.10 bits per heavy atom. The van der Waals surface area contributed by atoms with Gasteiger partial charge in [-0.15, -0.1) is 0 Å². The Labute approximate surface area is 113 Å². The van der Waals surface area contributed by atoms with E-state index in [1.165, 1.54) is 12.1 Å². The lowest BCUT2D eigenvalue weighted by Gasteiger charge is -2.16. The molecule has 0 spiro atoms. The minimum absolute atomic E-state index is 0.00301. The smallest absolute Gasteiger partial charge is 0.228 e. The summed E-state index contributed by atoms with van der Waals surface area (Å²) in [6.45, 7) is 2.19. The topological polar surface area (TPSA) is 35.2 Å². The molecule has 2 aromatic carbocycles. The van der Waals surface area contributed by atoms with E-state index in [1.807, 2.05) is 0 Å². The van der Waals surface area contributed by atoms with Crippen molar-refractivity contribution in [1.29, 1.82) is 0 Å². The van der Waals surface area contributed by atoms with E-state index in [-0.39, 0.29) is 22.4 Å². The Morgan fingerprint density at radius 3 is 2.30 bits per heavy atom. The maximum absolute atomic E-state index is 13.9. The summed E-state index contributed by atoms with van der Waals surface area (Å²) in [5, 5.41) is -0.223. The first-order valence-electron chi connectivity index (χ1n) is 5.96. The highest BCUT2D eigenvalue weighted by Crippen LogP contribution is 2.39. The first-order valence-corrected chi connectivity index (χ1v) is 5.96. The Balaban J connectivity index is 3.00. The molecule has 108 valence electrons. The van der Waals surface area contributed by atoms with Crippen molar-refractivity contribution < 1.29 is 22.3 Å².